The SMILES string of the molecule is CC(C)(CN)CC(F)(F)c1ccccc1. The lowest BCUT2D eigenvalue weighted by Crippen LogP contribution is -2.30. The van der Waals surface area contributed by atoms with Gasteiger partial charge in [0.1, 0.15) is 0 Å². The van der Waals surface area contributed by atoms with E-state index in [1.165, 1.54) is 12.1 Å². The van der Waals surface area contributed by atoms with Crippen LogP contribution in [0.15, 0.2) is 30.3 Å². The van der Waals surface area contributed by atoms with Crippen molar-refractivity contribution in [3.8, 4) is 0 Å². The molecule has 15 heavy (non-hydrogen) atoms. The van der Waals surface area contributed by atoms with E-state index in [0.29, 0.717) is 0 Å². The summed E-state index contributed by atoms with van der Waals surface area (Å²) in [6.07, 6.45) is -0.222. The van der Waals surface area contributed by atoms with Crippen molar-refractivity contribution in [1.82, 2.24) is 0 Å². The van der Waals surface area contributed by atoms with Crippen molar-refractivity contribution in [1.29, 1.82) is 0 Å². The number of rotatable bonds is 4. The van der Waals surface area contributed by atoms with Gasteiger partial charge in [-0.2, -0.15) is 0 Å². The van der Waals surface area contributed by atoms with E-state index in [1.54, 1.807) is 32.0 Å². The van der Waals surface area contributed by atoms with E-state index in [-0.39, 0.29) is 18.5 Å². The molecular weight excluding hydrogens is 196 g/mol. The van der Waals surface area contributed by atoms with Crippen LogP contribution in [0, 0.1) is 5.41 Å². The molecule has 0 bridgehead atoms. The molecule has 1 aromatic carbocycles. The van der Waals surface area contributed by atoms with Gasteiger partial charge in [0.25, 0.3) is 5.92 Å². The Bertz CT molecular complexity index is 307. The van der Waals surface area contributed by atoms with Gasteiger partial charge in [0.15, 0.2) is 0 Å². The zero-order valence-electron chi connectivity index (χ0n) is 9.13. The standard InChI is InChI=1S/C12H17F2N/c1-11(2,9-15)8-12(13,14)10-6-4-3-5-7-10/h3-7H,8-9,15H2,1-2H3. The molecule has 0 unspecified atom stereocenters. The minimum absolute atomic E-state index is 0.0616. The van der Waals surface area contributed by atoms with Crippen molar-refractivity contribution in [2.24, 2.45) is 11.1 Å². The van der Waals surface area contributed by atoms with E-state index < -0.39 is 11.3 Å². The number of hydrogen-bond acceptors (Lipinski definition) is 1. The molecular formula is C12H17F2N. The monoisotopic (exact) mass is 213 g/mol. The van der Waals surface area contributed by atoms with E-state index in [2.05, 4.69) is 0 Å². The van der Waals surface area contributed by atoms with Gasteiger partial charge in [-0.1, -0.05) is 44.2 Å². The molecule has 0 aliphatic rings. The second-order valence-electron chi connectivity index (χ2n) is 4.62. The Labute approximate surface area is 89.3 Å². The van der Waals surface area contributed by atoms with Crippen LogP contribution in [0.1, 0.15) is 25.8 Å². The second-order valence-corrected chi connectivity index (χ2v) is 4.62. The normalized spacial score (nSPS) is 12.9. The summed E-state index contributed by atoms with van der Waals surface area (Å²) in [5.41, 5.74) is 4.98. The number of halogens is 2. The van der Waals surface area contributed by atoms with Crippen LogP contribution in [-0.4, -0.2) is 6.54 Å². The van der Waals surface area contributed by atoms with Crippen molar-refractivity contribution < 1.29 is 8.78 Å². The van der Waals surface area contributed by atoms with Crippen LogP contribution in [0.4, 0.5) is 8.78 Å². The molecule has 0 amide bonds. The van der Waals surface area contributed by atoms with E-state index in [0.717, 1.165) is 0 Å². The quantitative estimate of drug-likeness (QED) is 0.816. The molecule has 0 aromatic heterocycles. The first-order valence-electron chi connectivity index (χ1n) is 5.01. The second kappa shape index (κ2) is 4.27. The number of nitrogens with two attached hydrogens (primary N) is 1. The summed E-state index contributed by atoms with van der Waals surface area (Å²) < 4.78 is 27.6. The van der Waals surface area contributed by atoms with Crippen LogP contribution in [0.2, 0.25) is 0 Å². The van der Waals surface area contributed by atoms with Gasteiger partial charge in [-0.25, -0.2) is 8.78 Å². The molecule has 84 valence electrons. The van der Waals surface area contributed by atoms with E-state index in [4.69, 9.17) is 5.73 Å². The Morgan fingerprint density at radius 1 is 1.13 bits per heavy atom. The fourth-order valence-corrected chi connectivity index (χ4v) is 1.46. The Morgan fingerprint density at radius 2 is 1.67 bits per heavy atom. The first-order chi connectivity index (χ1) is 6.87. The van der Waals surface area contributed by atoms with Crippen molar-refractivity contribution in [2.75, 3.05) is 6.54 Å². The third-order valence-corrected chi connectivity index (χ3v) is 2.45. The minimum atomic E-state index is -2.80. The predicted octanol–water partition coefficient (Wildman–Crippen LogP) is 3.15. The number of alkyl halides is 2. The van der Waals surface area contributed by atoms with E-state index in [9.17, 15) is 8.78 Å². The lowest BCUT2D eigenvalue weighted by atomic mass is 9.84. The molecule has 3 heteroatoms. The summed E-state index contributed by atoms with van der Waals surface area (Å²) in [7, 11) is 0. The van der Waals surface area contributed by atoms with Gasteiger partial charge in [-0.15, -0.1) is 0 Å². The van der Waals surface area contributed by atoms with Gasteiger partial charge in [-0.3, -0.25) is 0 Å². The average molecular weight is 213 g/mol. The fourth-order valence-electron chi connectivity index (χ4n) is 1.46. The third-order valence-electron chi connectivity index (χ3n) is 2.45. The Hall–Kier alpha value is -0.960. The maximum Gasteiger partial charge on any atom is 0.273 e. The highest BCUT2D eigenvalue weighted by Gasteiger charge is 2.37. The summed E-state index contributed by atoms with van der Waals surface area (Å²) in [6.45, 7) is 3.77. The fraction of sp³-hybridized carbons (Fsp3) is 0.500. The average Bonchev–Trinajstić information content (AvgIpc) is 2.18. The number of benzene rings is 1. The summed E-state index contributed by atoms with van der Waals surface area (Å²) in [5.74, 6) is -2.80. The molecule has 1 nitrogen and oxygen atoms in total. The predicted molar refractivity (Wildman–Crippen MR) is 57.8 cm³/mol. The summed E-state index contributed by atoms with van der Waals surface area (Å²) in [4.78, 5) is 0. The van der Waals surface area contributed by atoms with Crippen LogP contribution < -0.4 is 5.73 Å². The van der Waals surface area contributed by atoms with Gasteiger partial charge in [0, 0.05) is 12.0 Å². The van der Waals surface area contributed by atoms with E-state index >= 15 is 0 Å². The lowest BCUT2D eigenvalue weighted by molar-refractivity contribution is -0.0435. The Kier molecular flexibility index (Phi) is 3.45. The highest BCUT2D eigenvalue weighted by Crippen LogP contribution is 2.38. The summed E-state index contributed by atoms with van der Waals surface area (Å²) in [5, 5.41) is 0. The van der Waals surface area contributed by atoms with Gasteiger partial charge < -0.3 is 5.73 Å². The maximum absolute atomic E-state index is 13.8. The molecule has 0 fully saturated rings. The first-order valence-corrected chi connectivity index (χ1v) is 5.01. The van der Waals surface area contributed by atoms with Gasteiger partial charge in [0.2, 0.25) is 0 Å². The van der Waals surface area contributed by atoms with Crippen LogP contribution in [0.25, 0.3) is 0 Å². The molecule has 0 aliphatic heterocycles. The van der Waals surface area contributed by atoms with Crippen molar-refractivity contribution >= 4 is 0 Å². The van der Waals surface area contributed by atoms with Crippen LogP contribution in [0.3, 0.4) is 0 Å². The van der Waals surface area contributed by atoms with Gasteiger partial charge in [0.05, 0.1) is 0 Å². The molecule has 0 saturated heterocycles. The Morgan fingerprint density at radius 3 is 2.13 bits per heavy atom. The first kappa shape index (κ1) is 12.1. The zero-order valence-corrected chi connectivity index (χ0v) is 9.13. The Balaban J connectivity index is 2.85. The molecule has 1 aromatic rings. The van der Waals surface area contributed by atoms with Gasteiger partial charge in [-0.05, 0) is 12.0 Å². The smallest absolute Gasteiger partial charge is 0.273 e. The molecule has 0 atom stereocenters. The summed E-state index contributed by atoms with van der Waals surface area (Å²) in [6, 6.07) is 7.88. The van der Waals surface area contributed by atoms with Gasteiger partial charge >= 0.3 is 0 Å². The maximum atomic E-state index is 13.8. The molecule has 0 heterocycles. The van der Waals surface area contributed by atoms with Crippen molar-refractivity contribution in [3.05, 3.63) is 35.9 Å². The molecule has 1 rings (SSSR count). The highest BCUT2D eigenvalue weighted by atomic mass is 19.3. The number of hydrogen-bond donors (Lipinski definition) is 1. The molecule has 2 N–H and O–H groups in total. The molecule has 0 saturated carbocycles. The summed E-state index contributed by atoms with van der Waals surface area (Å²) >= 11 is 0. The van der Waals surface area contributed by atoms with Crippen LogP contribution in [0.5, 0.6) is 0 Å². The van der Waals surface area contributed by atoms with E-state index in [1.807, 2.05) is 0 Å². The molecule has 0 spiro atoms. The largest absolute Gasteiger partial charge is 0.330 e. The highest BCUT2D eigenvalue weighted by molar-refractivity contribution is 5.20. The topological polar surface area (TPSA) is 26.0 Å². The molecule has 0 radical (unpaired) electrons. The van der Waals surface area contributed by atoms with Crippen molar-refractivity contribution in [2.45, 2.75) is 26.2 Å². The molecule has 0 aliphatic carbocycles. The van der Waals surface area contributed by atoms with Crippen molar-refractivity contribution in [3.63, 3.8) is 0 Å². The minimum Gasteiger partial charge on any atom is -0.330 e. The lowest BCUT2D eigenvalue weighted by Gasteiger charge is -2.28. The van der Waals surface area contributed by atoms with Crippen LogP contribution in [-0.2, 0) is 5.92 Å². The third kappa shape index (κ3) is 3.27. The zero-order chi connectivity index (χ0) is 11.5. The van der Waals surface area contributed by atoms with Crippen LogP contribution >= 0.6 is 0 Å².